The van der Waals surface area contributed by atoms with Crippen LogP contribution in [0.15, 0.2) is 76.7 Å². The van der Waals surface area contributed by atoms with Gasteiger partial charge in [-0.05, 0) is 47.0 Å². The first kappa shape index (κ1) is 20.8. The van der Waals surface area contributed by atoms with Crippen molar-refractivity contribution in [3.63, 3.8) is 0 Å². The summed E-state index contributed by atoms with van der Waals surface area (Å²) in [6.45, 7) is 0. The molecule has 0 unspecified atom stereocenters. The molecule has 6 nitrogen and oxygen atoms in total. The van der Waals surface area contributed by atoms with Crippen LogP contribution in [-0.2, 0) is 4.79 Å². The summed E-state index contributed by atoms with van der Waals surface area (Å²) >= 11 is 0. The second kappa shape index (κ2) is 8.70. The lowest BCUT2D eigenvalue weighted by Crippen LogP contribution is -1.97. The van der Waals surface area contributed by atoms with Crippen molar-refractivity contribution in [1.82, 2.24) is 0 Å². The Morgan fingerprint density at radius 1 is 0.906 bits per heavy atom. The molecule has 158 valence electrons. The lowest BCUT2D eigenvalue weighted by Gasteiger charge is -2.10. The second-order valence-corrected chi connectivity index (χ2v) is 7.03. The molecule has 1 N–H and O–H groups in total. The van der Waals surface area contributed by atoms with Gasteiger partial charge in [0.15, 0.2) is 11.5 Å². The van der Waals surface area contributed by atoms with Crippen LogP contribution in [0, 0.1) is 11.3 Å². The number of nitriles is 1. The molecule has 6 heteroatoms. The molecule has 3 aromatic carbocycles. The molecule has 0 aliphatic carbocycles. The van der Waals surface area contributed by atoms with E-state index in [1.165, 1.54) is 6.08 Å². The maximum atomic E-state index is 11.1. The summed E-state index contributed by atoms with van der Waals surface area (Å²) in [5.41, 5.74) is 3.80. The summed E-state index contributed by atoms with van der Waals surface area (Å²) in [4.78, 5) is 11.1. The van der Waals surface area contributed by atoms with Crippen LogP contribution in [0.4, 0.5) is 0 Å². The van der Waals surface area contributed by atoms with E-state index in [4.69, 9.17) is 24.3 Å². The van der Waals surface area contributed by atoms with Gasteiger partial charge in [-0.2, -0.15) is 5.26 Å². The maximum Gasteiger partial charge on any atom is 0.346 e. The fourth-order valence-electron chi connectivity index (χ4n) is 3.43. The third kappa shape index (κ3) is 4.05. The molecule has 0 saturated heterocycles. The highest BCUT2D eigenvalue weighted by molar-refractivity contribution is 5.97. The molecule has 1 heterocycles. The third-order valence-corrected chi connectivity index (χ3v) is 5.09. The van der Waals surface area contributed by atoms with Crippen LogP contribution >= 0.6 is 0 Å². The number of hydrogen-bond donors (Lipinski definition) is 1. The number of aliphatic carboxylic acids is 1. The summed E-state index contributed by atoms with van der Waals surface area (Å²) in [7, 11) is 3.21. The topological polar surface area (TPSA) is 92.7 Å². The fraction of sp³-hybridized carbons (Fsp3) is 0.0769. The molecule has 1 aromatic heterocycles. The average Bonchev–Trinajstić information content (AvgIpc) is 3.25. The number of nitrogens with zero attached hydrogens (tertiary/aromatic N) is 1. The van der Waals surface area contributed by atoms with Gasteiger partial charge in [0.05, 0.1) is 14.2 Å². The lowest BCUT2D eigenvalue weighted by molar-refractivity contribution is -0.132. The van der Waals surface area contributed by atoms with Crippen LogP contribution in [-0.4, -0.2) is 25.3 Å². The number of benzene rings is 3. The Hall–Kier alpha value is -4.50. The number of carboxylic acid groups (broad SMARTS) is 1. The summed E-state index contributed by atoms with van der Waals surface area (Å²) in [5, 5.41) is 18.9. The Labute approximate surface area is 184 Å². The first-order valence-electron chi connectivity index (χ1n) is 9.74. The van der Waals surface area contributed by atoms with E-state index in [-0.39, 0.29) is 5.57 Å². The normalized spacial score (nSPS) is 11.2. The van der Waals surface area contributed by atoms with E-state index in [1.807, 2.05) is 54.6 Å². The molecule has 0 amide bonds. The molecule has 0 spiro atoms. The number of furan rings is 1. The van der Waals surface area contributed by atoms with Crippen molar-refractivity contribution in [3.8, 4) is 40.0 Å². The van der Waals surface area contributed by atoms with E-state index in [2.05, 4.69) is 0 Å². The van der Waals surface area contributed by atoms with Crippen LogP contribution in [0.1, 0.15) is 5.56 Å². The Balaban J connectivity index is 1.64. The van der Waals surface area contributed by atoms with E-state index in [9.17, 15) is 4.79 Å². The number of carbonyl (C=O) groups is 1. The summed E-state index contributed by atoms with van der Waals surface area (Å²) in [6, 6.07) is 22.6. The van der Waals surface area contributed by atoms with Crippen LogP contribution in [0.2, 0.25) is 0 Å². The minimum atomic E-state index is -1.26. The molecule has 4 rings (SSSR count). The Bertz CT molecular complexity index is 1370. The third-order valence-electron chi connectivity index (χ3n) is 5.09. The summed E-state index contributed by atoms with van der Waals surface area (Å²) in [6.07, 6.45) is 1.32. The van der Waals surface area contributed by atoms with Crippen LogP contribution in [0.25, 0.3) is 39.5 Å². The van der Waals surface area contributed by atoms with Gasteiger partial charge in [0.1, 0.15) is 23.0 Å². The highest BCUT2D eigenvalue weighted by Crippen LogP contribution is 2.34. The Morgan fingerprint density at radius 2 is 1.59 bits per heavy atom. The zero-order valence-electron chi connectivity index (χ0n) is 17.5. The number of methoxy groups -OCH3 is 2. The minimum Gasteiger partial charge on any atom is -0.493 e. The largest absolute Gasteiger partial charge is 0.493 e. The number of fused-ring (bicyclic) bond motifs is 1. The van der Waals surface area contributed by atoms with Crippen molar-refractivity contribution >= 4 is 23.0 Å². The molecule has 0 aliphatic rings. The van der Waals surface area contributed by atoms with Gasteiger partial charge in [-0.3, -0.25) is 0 Å². The first-order chi connectivity index (χ1) is 15.5. The molecular formula is C26H19NO5. The quantitative estimate of drug-likeness (QED) is 0.311. The maximum absolute atomic E-state index is 11.1. The second-order valence-electron chi connectivity index (χ2n) is 7.03. The van der Waals surface area contributed by atoms with Gasteiger partial charge in [-0.1, -0.05) is 42.5 Å². The summed E-state index contributed by atoms with van der Waals surface area (Å²) < 4.78 is 16.7. The Morgan fingerprint density at radius 3 is 2.25 bits per heavy atom. The van der Waals surface area contributed by atoms with Crippen LogP contribution in [0.5, 0.6) is 11.5 Å². The van der Waals surface area contributed by atoms with E-state index < -0.39 is 5.97 Å². The molecule has 0 atom stereocenters. The highest BCUT2D eigenvalue weighted by atomic mass is 16.5. The molecule has 0 radical (unpaired) electrons. The van der Waals surface area contributed by atoms with Gasteiger partial charge in [0, 0.05) is 10.9 Å². The molecule has 32 heavy (non-hydrogen) atoms. The predicted octanol–water partition coefficient (Wildman–Crippen LogP) is 5.78. The minimum absolute atomic E-state index is 0.332. The zero-order valence-corrected chi connectivity index (χ0v) is 17.5. The number of carboxylic acids is 1. The van der Waals surface area contributed by atoms with E-state index in [0.717, 1.165) is 22.1 Å². The van der Waals surface area contributed by atoms with Crippen molar-refractivity contribution in [2.45, 2.75) is 0 Å². The first-order valence-corrected chi connectivity index (χ1v) is 9.74. The summed E-state index contributed by atoms with van der Waals surface area (Å²) in [5.74, 6) is 0.773. The van der Waals surface area contributed by atoms with E-state index in [0.29, 0.717) is 28.4 Å². The van der Waals surface area contributed by atoms with Crippen molar-refractivity contribution < 1.29 is 23.8 Å². The lowest BCUT2D eigenvalue weighted by atomic mass is 10.0. The molecule has 0 bridgehead atoms. The monoisotopic (exact) mass is 425 g/mol. The molecule has 0 aliphatic heterocycles. The smallest absolute Gasteiger partial charge is 0.346 e. The van der Waals surface area contributed by atoms with E-state index >= 15 is 0 Å². The number of rotatable bonds is 6. The van der Waals surface area contributed by atoms with Crippen molar-refractivity contribution in [1.29, 1.82) is 5.26 Å². The zero-order chi connectivity index (χ0) is 22.7. The molecule has 0 fully saturated rings. The van der Waals surface area contributed by atoms with Gasteiger partial charge in [0.2, 0.25) is 0 Å². The van der Waals surface area contributed by atoms with Gasteiger partial charge < -0.3 is 19.0 Å². The van der Waals surface area contributed by atoms with Gasteiger partial charge in [-0.25, -0.2) is 4.79 Å². The number of ether oxygens (including phenoxy) is 2. The highest BCUT2D eigenvalue weighted by Gasteiger charge is 2.10. The standard InChI is InChI=1S/C26H19NO5/c1-30-22-10-9-19(13-25(22)31-2)17-5-7-18(8-6-17)24-14-20-4-3-16(12-23(20)32-24)11-21(15-27)26(28)29/h3-14H,1-2H3,(H,28,29)/b21-11+. The van der Waals surface area contributed by atoms with Gasteiger partial charge in [0.25, 0.3) is 0 Å². The van der Waals surface area contributed by atoms with Crippen LogP contribution in [0.3, 0.4) is 0 Å². The van der Waals surface area contributed by atoms with E-state index in [1.54, 1.807) is 32.4 Å². The molecule has 4 aromatic rings. The number of hydrogen-bond acceptors (Lipinski definition) is 5. The van der Waals surface area contributed by atoms with Crippen molar-refractivity contribution in [3.05, 3.63) is 77.9 Å². The fourth-order valence-corrected chi connectivity index (χ4v) is 3.43. The van der Waals surface area contributed by atoms with Crippen LogP contribution < -0.4 is 9.47 Å². The van der Waals surface area contributed by atoms with Crippen molar-refractivity contribution in [2.75, 3.05) is 14.2 Å². The SMILES string of the molecule is COc1ccc(-c2ccc(-c3cc4ccc(/C=C(\C#N)C(=O)O)cc4o3)cc2)cc1OC. The molecular weight excluding hydrogens is 406 g/mol. The van der Waals surface area contributed by atoms with Crippen molar-refractivity contribution in [2.24, 2.45) is 0 Å². The van der Waals surface area contributed by atoms with Gasteiger partial charge in [-0.15, -0.1) is 0 Å². The molecule has 0 saturated carbocycles. The average molecular weight is 425 g/mol. The Kier molecular flexibility index (Phi) is 5.65. The predicted molar refractivity (Wildman–Crippen MR) is 121 cm³/mol. The van der Waals surface area contributed by atoms with Gasteiger partial charge >= 0.3 is 5.97 Å².